The Morgan fingerprint density at radius 3 is 2.42 bits per heavy atom. The Morgan fingerprint density at radius 1 is 1.00 bits per heavy atom. The normalized spacial score (nSPS) is 10.7. The lowest BCUT2D eigenvalue weighted by Gasteiger charge is -2.09. The molecule has 2 aromatic carbocycles. The minimum Gasteiger partial charge on any atom is -0.493 e. The molecule has 1 heterocycles. The highest BCUT2D eigenvalue weighted by atomic mass is 16.6. The quantitative estimate of drug-likeness (QED) is 0.407. The summed E-state index contributed by atoms with van der Waals surface area (Å²) in [4.78, 5) is 23.1. The van der Waals surface area contributed by atoms with E-state index in [9.17, 15) is 9.59 Å². The van der Waals surface area contributed by atoms with Crippen LogP contribution >= 0.6 is 0 Å². The molecule has 31 heavy (non-hydrogen) atoms. The van der Waals surface area contributed by atoms with Gasteiger partial charge in [-0.1, -0.05) is 18.2 Å². The molecule has 0 aliphatic carbocycles. The minimum atomic E-state index is -0.670. The fourth-order valence-corrected chi connectivity index (χ4v) is 2.83. The first-order chi connectivity index (χ1) is 15.0. The molecule has 0 bridgehead atoms. The minimum absolute atomic E-state index is 0.453. The zero-order valence-electron chi connectivity index (χ0n) is 17.4. The van der Waals surface area contributed by atoms with Crippen LogP contribution in [0.3, 0.4) is 0 Å². The number of methoxy groups -OCH3 is 3. The topological polar surface area (TPSA) is 88.9 Å². The first-order valence-electron chi connectivity index (χ1n) is 9.35. The van der Waals surface area contributed by atoms with Crippen molar-refractivity contribution in [2.45, 2.75) is 0 Å². The van der Waals surface area contributed by atoms with Crippen LogP contribution in [0.1, 0.15) is 5.56 Å². The number of para-hydroxylation sites is 1. The number of aromatic nitrogens is 2. The summed E-state index contributed by atoms with van der Waals surface area (Å²) in [5.41, 5.74) is 2.93. The zero-order chi connectivity index (χ0) is 22.2. The van der Waals surface area contributed by atoms with Crippen molar-refractivity contribution in [3.63, 3.8) is 0 Å². The molecular weight excluding hydrogens is 400 g/mol. The van der Waals surface area contributed by atoms with E-state index in [-0.39, 0.29) is 0 Å². The third-order valence-corrected chi connectivity index (χ3v) is 4.38. The van der Waals surface area contributed by atoms with Gasteiger partial charge in [0.2, 0.25) is 0 Å². The molecule has 3 rings (SSSR count). The fraction of sp³-hybridized carbons (Fsp3) is 0.174. The summed E-state index contributed by atoms with van der Waals surface area (Å²) in [7, 11) is 4.34. The third kappa shape index (κ3) is 5.30. The molecule has 8 heteroatoms. The van der Waals surface area contributed by atoms with E-state index in [2.05, 4.69) is 9.84 Å². The lowest BCUT2D eigenvalue weighted by molar-refractivity contribution is -0.154. The summed E-state index contributed by atoms with van der Waals surface area (Å²) in [6, 6.07) is 15.0. The zero-order valence-corrected chi connectivity index (χ0v) is 17.4. The van der Waals surface area contributed by atoms with E-state index >= 15 is 0 Å². The van der Waals surface area contributed by atoms with E-state index in [1.807, 2.05) is 42.5 Å². The maximum Gasteiger partial charge on any atom is 0.344 e. The van der Waals surface area contributed by atoms with Crippen LogP contribution in [0.4, 0.5) is 0 Å². The lowest BCUT2D eigenvalue weighted by atomic mass is 10.1. The van der Waals surface area contributed by atoms with Gasteiger partial charge < -0.3 is 18.9 Å². The molecule has 0 saturated heterocycles. The van der Waals surface area contributed by atoms with Gasteiger partial charge >= 0.3 is 11.9 Å². The number of hydrogen-bond donors (Lipinski definition) is 0. The van der Waals surface area contributed by atoms with E-state index < -0.39 is 18.5 Å². The summed E-state index contributed by atoms with van der Waals surface area (Å²) >= 11 is 0. The van der Waals surface area contributed by atoms with Crippen molar-refractivity contribution in [1.29, 1.82) is 0 Å². The predicted molar refractivity (Wildman–Crippen MR) is 114 cm³/mol. The van der Waals surface area contributed by atoms with Gasteiger partial charge in [0, 0.05) is 23.4 Å². The van der Waals surface area contributed by atoms with Crippen LogP contribution < -0.4 is 9.47 Å². The third-order valence-electron chi connectivity index (χ3n) is 4.38. The van der Waals surface area contributed by atoms with Crippen LogP contribution in [0.5, 0.6) is 11.5 Å². The number of rotatable bonds is 8. The average Bonchev–Trinajstić information content (AvgIpc) is 3.25. The maximum atomic E-state index is 12.0. The van der Waals surface area contributed by atoms with Gasteiger partial charge in [0.05, 0.1) is 27.0 Å². The second-order valence-electron chi connectivity index (χ2n) is 6.30. The number of esters is 2. The molecule has 0 amide bonds. The van der Waals surface area contributed by atoms with E-state index in [0.29, 0.717) is 22.8 Å². The highest BCUT2D eigenvalue weighted by Gasteiger charge is 2.14. The van der Waals surface area contributed by atoms with Crippen molar-refractivity contribution in [1.82, 2.24) is 9.78 Å². The van der Waals surface area contributed by atoms with Gasteiger partial charge in [0.15, 0.2) is 18.1 Å². The molecule has 0 radical (unpaired) electrons. The van der Waals surface area contributed by atoms with Crippen molar-refractivity contribution < 1.29 is 28.5 Å². The molecule has 160 valence electrons. The molecule has 0 saturated carbocycles. The second-order valence-corrected chi connectivity index (χ2v) is 6.30. The van der Waals surface area contributed by atoms with E-state index in [4.69, 9.17) is 14.2 Å². The van der Waals surface area contributed by atoms with Crippen molar-refractivity contribution in [3.05, 3.63) is 66.4 Å². The molecule has 0 N–H and O–H groups in total. The lowest BCUT2D eigenvalue weighted by Crippen LogP contribution is -2.13. The Bertz CT molecular complexity index is 1090. The number of carbonyl (C=O) groups excluding carboxylic acids is 2. The summed E-state index contributed by atoms with van der Waals surface area (Å²) in [6.07, 6.45) is 4.61. The Kier molecular flexibility index (Phi) is 7.05. The number of hydrogen-bond acceptors (Lipinski definition) is 7. The van der Waals surface area contributed by atoms with E-state index in [0.717, 1.165) is 11.3 Å². The average molecular weight is 422 g/mol. The van der Waals surface area contributed by atoms with Crippen LogP contribution in [0.2, 0.25) is 0 Å². The Labute approximate surface area is 179 Å². The summed E-state index contributed by atoms with van der Waals surface area (Å²) < 4.78 is 21.7. The molecule has 0 aliphatic rings. The molecule has 0 unspecified atom stereocenters. The van der Waals surface area contributed by atoms with Crippen LogP contribution in [0, 0.1) is 0 Å². The van der Waals surface area contributed by atoms with Gasteiger partial charge in [0.1, 0.15) is 5.69 Å². The van der Waals surface area contributed by atoms with E-state index in [1.54, 1.807) is 37.2 Å². The fourth-order valence-electron chi connectivity index (χ4n) is 2.83. The summed E-state index contributed by atoms with van der Waals surface area (Å²) in [5.74, 6) is -0.153. The monoisotopic (exact) mass is 422 g/mol. The summed E-state index contributed by atoms with van der Waals surface area (Å²) in [5, 5.41) is 4.69. The molecule has 0 aliphatic heterocycles. The highest BCUT2D eigenvalue weighted by Crippen LogP contribution is 2.33. The molecule has 3 aromatic rings. The summed E-state index contributed by atoms with van der Waals surface area (Å²) in [6.45, 7) is -0.453. The Hall–Kier alpha value is -4.07. The second kappa shape index (κ2) is 10.1. The largest absolute Gasteiger partial charge is 0.493 e. The Balaban J connectivity index is 1.97. The molecule has 1 aromatic heterocycles. The smallest absolute Gasteiger partial charge is 0.344 e. The molecule has 0 atom stereocenters. The maximum absolute atomic E-state index is 12.0. The SMILES string of the molecule is COC(=O)COC(=O)C=Cc1cn(-c2ccccc2)nc1-c1ccc(OC)c(OC)c1. The van der Waals surface area contributed by atoms with Crippen LogP contribution in [0.15, 0.2) is 60.8 Å². The number of ether oxygens (including phenoxy) is 4. The predicted octanol–water partition coefficient (Wildman–Crippen LogP) is 3.29. The van der Waals surface area contributed by atoms with Gasteiger partial charge in [-0.2, -0.15) is 5.10 Å². The number of nitrogens with zero attached hydrogens (tertiary/aromatic N) is 2. The molecule has 0 fully saturated rings. The number of carbonyl (C=O) groups is 2. The van der Waals surface area contributed by atoms with Gasteiger partial charge in [-0.05, 0) is 36.4 Å². The Morgan fingerprint density at radius 2 is 1.74 bits per heavy atom. The molecular formula is C23H22N2O6. The number of benzene rings is 2. The molecule has 8 nitrogen and oxygen atoms in total. The molecule has 0 spiro atoms. The first-order valence-corrected chi connectivity index (χ1v) is 9.35. The van der Waals surface area contributed by atoms with Crippen molar-refractivity contribution in [2.75, 3.05) is 27.9 Å². The standard InChI is InChI=1S/C23H22N2O6/c1-28-19-11-9-16(13-20(19)29-2)23-17(10-12-21(26)31-15-22(27)30-3)14-25(24-23)18-7-5-4-6-8-18/h4-14H,15H2,1-3H3. The van der Waals surface area contributed by atoms with Gasteiger partial charge in [0.25, 0.3) is 0 Å². The van der Waals surface area contributed by atoms with Crippen molar-refractivity contribution in [2.24, 2.45) is 0 Å². The van der Waals surface area contributed by atoms with Gasteiger partial charge in [-0.3, -0.25) is 0 Å². The van der Waals surface area contributed by atoms with E-state index in [1.165, 1.54) is 13.2 Å². The van der Waals surface area contributed by atoms with Gasteiger partial charge in [-0.15, -0.1) is 0 Å². The van der Waals surface area contributed by atoms with Crippen LogP contribution in [-0.2, 0) is 19.1 Å². The highest BCUT2D eigenvalue weighted by molar-refractivity contribution is 5.90. The van der Waals surface area contributed by atoms with Crippen LogP contribution in [0.25, 0.3) is 23.0 Å². The van der Waals surface area contributed by atoms with Gasteiger partial charge in [-0.25, -0.2) is 14.3 Å². The van der Waals surface area contributed by atoms with Crippen molar-refractivity contribution >= 4 is 18.0 Å². The van der Waals surface area contributed by atoms with Crippen LogP contribution in [-0.4, -0.2) is 49.7 Å². The first kappa shape index (κ1) is 21.6. The van der Waals surface area contributed by atoms with Crippen molar-refractivity contribution in [3.8, 4) is 28.4 Å².